The molecule has 1 aromatic rings. The van der Waals surface area contributed by atoms with Crippen LogP contribution in [0.3, 0.4) is 0 Å². The average Bonchev–Trinajstić information content (AvgIpc) is 2.27. The molecule has 102 valence electrons. The molecule has 1 fully saturated rings. The first-order valence-electron chi connectivity index (χ1n) is 5.64. The number of nitrogens with one attached hydrogen (secondary N) is 1. The Balaban J connectivity index is 0.00000144. The van der Waals surface area contributed by atoms with Gasteiger partial charge in [-0.3, -0.25) is 4.79 Å². The largest absolute Gasteiger partial charge is 0.481 e. The van der Waals surface area contributed by atoms with Crippen molar-refractivity contribution in [3.05, 3.63) is 29.3 Å². The first kappa shape index (κ1) is 16.9. The van der Waals surface area contributed by atoms with Crippen LogP contribution in [0, 0.1) is 13.8 Å². The van der Waals surface area contributed by atoms with E-state index in [2.05, 4.69) is 12.2 Å². The third kappa shape index (κ3) is 3.98. The van der Waals surface area contributed by atoms with Gasteiger partial charge in [0.1, 0.15) is 5.75 Å². The van der Waals surface area contributed by atoms with Crippen molar-refractivity contribution in [3.8, 4) is 5.75 Å². The van der Waals surface area contributed by atoms with Crippen LogP contribution in [0.1, 0.15) is 17.5 Å². The van der Waals surface area contributed by atoms with Crippen molar-refractivity contribution < 1.29 is 15.0 Å². The van der Waals surface area contributed by atoms with E-state index in [4.69, 9.17) is 4.74 Å². The van der Waals surface area contributed by atoms with Crippen LogP contribution in [0.5, 0.6) is 5.75 Å². The third-order valence-corrected chi connectivity index (χ3v) is 2.99. The molecule has 0 aliphatic carbocycles. The van der Waals surface area contributed by atoms with Crippen molar-refractivity contribution >= 4 is 18.2 Å². The minimum absolute atomic E-state index is 0. The van der Waals surface area contributed by atoms with Crippen molar-refractivity contribution in [1.82, 2.24) is 5.32 Å². The Labute approximate surface area is 113 Å². The standard InChI is InChI=1S/C13H17NO2.ClH.H2O/c1-9-3-4-11(7-10(9)2)16-13-8-14-6-5-12(13)15;;/h3-4,7,13-14H,5-6,8H2,1-2H3;1H;1H2. The zero-order valence-electron chi connectivity index (χ0n) is 10.7. The molecule has 1 aliphatic rings. The van der Waals surface area contributed by atoms with Crippen LogP contribution in [-0.4, -0.2) is 30.5 Å². The molecule has 0 aromatic heterocycles. The van der Waals surface area contributed by atoms with Gasteiger partial charge < -0.3 is 15.5 Å². The van der Waals surface area contributed by atoms with E-state index >= 15 is 0 Å². The van der Waals surface area contributed by atoms with Crippen LogP contribution in [-0.2, 0) is 4.79 Å². The van der Waals surface area contributed by atoms with Gasteiger partial charge >= 0.3 is 0 Å². The van der Waals surface area contributed by atoms with Crippen molar-refractivity contribution in [2.24, 2.45) is 0 Å². The molecule has 1 aliphatic heterocycles. The van der Waals surface area contributed by atoms with Crippen molar-refractivity contribution in [2.45, 2.75) is 26.4 Å². The predicted molar refractivity (Wildman–Crippen MR) is 73.7 cm³/mol. The predicted octanol–water partition coefficient (Wildman–Crippen LogP) is 1.21. The van der Waals surface area contributed by atoms with Crippen LogP contribution in [0.25, 0.3) is 0 Å². The minimum Gasteiger partial charge on any atom is -0.481 e. The molecule has 1 heterocycles. The Morgan fingerprint density at radius 2 is 2.00 bits per heavy atom. The number of ether oxygens (including phenoxy) is 1. The molecule has 0 spiro atoms. The topological polar surface area (TPSA) is 69.8 Å². The lowest BCUT2D eigenvalue weighted by atomic mass is 10.1. The van der Waals surface area contributed by atoms with Gasteiger partial charge in [0.2, 0.25) is 0 Å². The molecule has 1 saturated heterocycles. The molecule has 1 atom stereocenters. The zero-order valence-corrected chi connectivity index (χ0v) is 11.5. The lowest BCUT2D eigenvalue weighted by Gasteiger charge is -2.23. The van der Waals surface area contributed by atoms with Crippen LogP contribution in [0.15, 0.2) is 18.2 Å². The van der Waals surface area contributed by atoms with E-state index in [0.717, 1.165) is 12.3 Å². The smallest absolute Gasteiger partial charge is 0.175 e. The summed E-state index contributed by atoms with van der Waals surface area (Å²) in [5.74, 6) is 0.974. The van der Waals surface area contributed by atoms with Gasteiger partial charge in [0.25, 0.3) is 0 Å². The molecule has 5 heteroatoms. The SMILES string of the molecule is Cc1ccc(OC2CNCCC2=O)cc1C.Cl.O. The van der Waals surface area contributed by atoms with Gasteiger partial charge in [-0.25, -0.2) is 0 Å². The summed E-state index contributed by atoms with van der Waals surface area (Å²) in [6.45, 7) is 5.49. The molecule has 0 saturated carbocycles. The normalized spacial score (nSPS) is 18.6. The molecule has 4 nitrogen and oxygen atoms in total. The third-order valence-electron chi connectivity index (χ3n) is 2.99. The highest BCUT2D eigenvalue weighted by Crippen LogP contribution is 2.18. The van der Waals surface area contributed by atoms with Gasteiger partial charge in [-0.1, -0.05) is 6.07 Å². The van der Waals surface area contributed by atoms with Crippen molar-refractivity contribution in [3.63, 3.8) is 0 Å². The van der Waals surface area contributed by atoms with E-state index in [1.807, 2.05) is 25.1 Å². The molecular formula is C13H20ClNO3. The number of rotatable bonds is 2. The molecule has 0 radical (unpaired) electrons. The number of benzene rings is 1. The first-order chi connectivity index (χ1) is 7.66. The fraction of sp³-hybridized carbons (Fsp3) is 0.462. The van der Waals surface area contributed by atoms with Gasteiger partial charge in [-0.05, 0) is 37.1 Å². The number of hydrogen-bond acceptors (Lipinski definition) is 3. The second kappa shape index (κ2) is 7.36. The molecule has 0 bridgehead atoms. The van der Waals surface area contributed by atoms with Gasteiger partial charge in [-0.15, -0.1) is 12.4 Å². The summed E-state index contributed by atoms with van der Waals surface area (Å²) in [6.07, 6.45) is 0.242. The minimum atomic E-state index is -0.323. The zero-order chi connectivity index (χ0) is 11.5. The first-order valence-corrected chi connectivity index (χ1v) is 5.64. The van der Waals surface area contributed by atoms with Crippen molar-refractivity contribution in [2.75, 3.05) is 13.1 Å². The monoisotopic (exact) mass is 273 g/mol. The summed E-state index contributed by atoms with van der Waals surface area (Å²) in [5, 5.41) is 3.17. The summed E-state index contributed by atoms with van der Waals surface area (Å²) in [5.41, 5.74) is 2.43. The van der Waals surface area contributed by atoms with Gasteiger partial charge in [-0.2, -0.15) is 0 Å². The molecule has 2 rings (SSSR count). The maximum Gasteiger partial charge on any atom is 0.175 e. The Morgan fingerprint density at radius 1 is 1.28 bits per heavy atom. The number of aryl methyl sites for hydroxylation is 2. The van der Waals surface area contributed by atoms with Crippen LogP contribution in [0.2, 0.25) is 0 Å². The number of Topliss-reactive ketones (excluding diaryl/α,β-unsaturated/α-hetero) is 1. The lowest BCUT2D eigenvalue weighted by molar-refractivity contribution is -0.126. The second-order valence-corrected chi connectivity index (χ2v) is 4.27. The number of halogens is 1. The second-order valence-electron chi connectivity index (χ2n) is 4.27. The van der Waals surface area contributed by atoms with Gasteiger partial charge in [0.15, 0.2) is 11.9 Å². The highest BCUT2D eigenvalue weighted by molar-refractivity contribution is 5.85. The van der Waals surface area contributed by atoms with Crippen molar-refractivity contribution in [1.29, 1.82) is 0 Å². The molecule has 0 amide bonds. The van der Waals surface area contributed by atoms with Gasteiger partial charge in [0, 0.05) is 19.5 Å². The Kier molecular flexibility index (Phi) is 6.91. The number of hydrogen-bond donors (Lipinski definition) is 1. The van der Waals surface area contributed by atoms with E-state index in [0.29, 0.717) is 13.0 Å². The van der Waals surface area contributed by atoms with Gasteiger partial charge in [0.05, 0.1) is 0 Å². The summed E-state index contributed by atoms with van der Waals surface area (Å²) in [7, 11) is 0. The van der Waals surface area contributed by atoms with E-state index in [9.17, 15) is 4.79 Å². The molecule has 18 heavy (non-hydrogen) atoms. The molecule has 3 N–H and O–H groups in total. The summed E-state index contributed by atoms with van der Waals surface area (Å²) >= 11 is 0. The van der Waals surface area contributed by atoms with E-state index < -0.39 is 0 Å². The maximum atomic E-state index is 11.6. The summed E-state index contributed by atoms with van der Waals surface area (Å²) in [4.78, 5) is 11.6. The lowest BCUT2D eigenvalue weighted by Crippen LogP contribution is -2.44. The summed E-state index contributed by atoms with van der Waals surface area (Å²) in [6, 6.07) is 5.92. The maximum absolute atomic E-state index is 11.6. The number of piperidine rings is 1. The number of carbonyl (C=O) groups is 1. The number of ketones is 1. The molecule has 1 aromatic carbocycles. The van der Waals surface area contributed by atoms with E-state index in [1.165, 1.54) is 11.1 Å². The molecular weight excluding hydrogens is 254 g/mol. The Morgan fingerprint density at radius 3 is 2.61 bits per heavy atom. The quantitative estimate of drug-likeness (QED) is 0.881. The average molecular weight is 274 g/mol. The highest BCUT2D eigenvalue weighted by Gasteiger charge is 2.23. The van der Waals surface area contributed by atoms with E-state index in [1.54, 1.807) is 0 Å². The Bertz CT molecular complexity index is 409. The fourth-order valence-electron chi connectivity index (χ4n) is 1.78. The van der Waals surface area contributed by atoms with Crippen LogP contribution in [0.4, 0.5) is 0 Å². The fourth-order valence-corrected chi connectivity index (χ4v) is 1.78. The molecule has 1 unspecified atom stereocenters. The summed E-state index contributed by atoms with van der Waals surface area (Å²) < 4.78 is 5.69. The van der Waals surface area contributed by atoms with E-state index in [-0.39, 0.29) is 29.8 Å². The number of carbonyl (C=O) groups excluding carboxylic acids is 1. The Hall–Kier alpha value is -1.10. The highest BCUT2D eigenvalue weighted by atomic mass is 35.5. The van der Waals surface area contributed by atoms with Crippen LogP contribution >= 0.6 is 12.4 Å². The van der Waals surface area contributed by atoms with Crippen LogP contribution < -0.4 is 10.1 Å².